The van der Waals surface area contributed by atoms with Crippen LogP contribution < -0.4 is 15.3 Å². The van der Waals surface area contributed by atoms with Crippen molar-refractivity contribution in [3.63, 3.8) is 0 Å². The quantitative estimate of drug-likeness (QED) is 0.138. The summed E-state index contributed by atoms with van der Waals surface area (Å²) < 4.78 is 0. The van der Waals surface area contributed by atoms with Crippen molar-refractivity contribution in [2.24, 2.45) is 0 Å². The van der Waals surface area contributed by atoms with Crippen LogP contribution in [-0.4, -0.2) is 4.98 Å². The Balaban J connectivity index is 1.17. The fraction of sp³-hybridized carbons (Fsp3) is 0.0364. The second-order valence-electron chi connectivity index (χ2n) is 14.3. The molecule has 0 fully saturated rings. The summed E-state index contributed by atoms with van der Waals surface area (Å²) >= 11 is 0. The number of allylic oxidation sites excluding steroid dienone is 8. The molecule has 1 heterocycles. The SMILES string of the molecule is C\C=C/C=C\C=C\C(C1=C(C)c2ccc(-c3ccc(N(c4ccccc4)c4ccnc5ccccc45)cc3)c3cccc1c23)=c1/cccc/c1=C\c1ccccc1. The summed E-state index contributed by atoms with van der Waals surface area (Å²) in [6.45, 7) is 4.32. The van der Waals surface area contributed by atoms with Gasteiger partial charge in [-0.1, -0.05) is 170 Å². The van der Waals surface area contributed by atoms with E-state index in [1.54, 1.807) is 0 Å². The van der Waals surface area contributed by atoms with Crippen LogP contribution in [0.2, 0.25) is 0 Å². The Hall–Kier alpha value is -7.29. The van der Waals surface area contributed by atoms with Crippen LogP contribution in [0.4, 0.5) is 17.1 Å². The van der Waals surface area contributed by atoms with Crippen LogP contribution in [0.5, 0.6) is 0 Å². The summed E-state index contributed by atoms with van der Waals surface area (Å²) in [6, 6.07) is 60.8. The van der Waals surface area contributed by atoms with Gasteiger partial charge in [-0.25, -0.2) is 0 Å². The highest BCUT2D eigenvalue weighted by Crippen LogP contribution is 2.48. The topological polar surface area (TPSA) is 16.1 Å². The molecule has 2 heteroatoms. The largest absolute Gasteiger partial charge is 0.310 e. The van der Waals surface area contributed by atoms with Crippen molar-refractivity contribution in [3.8, 4) is 11.1 Å². The molecular weight excluding hydrogens is 689 g/mol. The molecule has 272 valence electrons. The van der Waals surface area contributed by atoms with Crippen LogP contribution in [-0.2, 0) is 0 Å². The van der Waals surface area contributed by atoms with E-state index in [2.05, 4.69) is 217 Å². The van der Waals surface area contributed by atoms with Crippen molar-refractivity contribution in [3.05, 3.63) is 240 Å². The highest BCUT2D eigenvalue weighted by molar-refractivity contribution is 6.25. The third-order valence-electron chi connectivity index (χ3n) is 10.8. The number of para-hydroxylation sites is 2. The summed E-state index contributed by atoms with van der Waals surface area (Å²) in [5.74, 6) is 0. The zero-order chi connectivity index (χ0) is 38.6. The van der Waals surface area contributed by atoms with Crippen LogP contribution >= 0.6 is 0 Å². The highest BCUT2D eigenvalue weighted by atomic mass is 15.1. The van der Waals surface area contributed by atoms with E-state index < -0.39 is 0 Å². The van der Waals surface area contributed by atoms with Gasteiger partial charge in [-0.2, -0.15) is 0 Å². The smallest absolute Gasteiger partial charge is 0.0723 e. The molecule has 8 aromatic rings. The molecule has 57 heavy (non-hydrogen) atoms. The first kappa shape index (κ1) is 35.4. The monoisotopic (exact) mass is 730 g/mol. The van der Waals surface area contributed by atoms with E-state index in [4.69, 9.17) is 0 Å². The van der Waals surface area contributed by atoms with E-state index in [0.717, 1.165) is 28.0 Å². The van der Waals surface area contributed by atoms with Crippen molar-refractivity contribution < 1.29 is 0 Å². The fourth-order valence-electron chi connectivity index (χ4n) is 8.23. The molecule has 0 unspecified atom stereocenters. The van der Waals surface area contributed by atoms with E-state index in [-0.39, 0.29) is 0 Å². The number of hydrogen-bond donors (Lipinski definition) is 0. The number of fused-ring (bicyclic) bond motifs is 1. The fourth-order valence-corrected chi connectivity index (χ4v) is 8.23. The van der Waals surface area contributed by atoms with Gasteiger partial charge in [-0.05, 0) is 122 Å². The average molecular weight is 731 g/mol. The minimum absolute atomic E-state index is 0.975. The molecule has 0 amide bonds. The number of hydrogen-bond acceptors (Lipinski definition) is 2. The molecule has 0 saturated carbocycles. The molecule has 0 saturated heterocycles. The maximum Gasteiger partial charge on any atom is 0.0723 e. The van der Waals surface area contributed by atoms with Crippen LogP contribution in [0, 0.1) is 0 Å². The molecule has 0 bridgehead atoms. The predicted molar refractivity (Wildman–Crippen MR) is 244 cm³/mol. The van der Waals surface area contributed by atoms with Crippen molar-refractivity contribution in [2.75, 3.05) is 4.90 Å². The van der Waals surface area contributed by atoms with Gasteiger partial charge in [-0.3, -0.25) is 4.98 Å². The predicted octanol–water partition coefficient (Wildman–Crippen LogP) is 13.1. The van der Waals surface area contributed by atoms with Gasteiger partial charge >= 0.3 is 0 Å². The van der Waals surface area contributed by atoms with Gasteiger partial charge < -0.3 is 4.90 Å². The Kier molecular flexibility index (Phi) is 9.83. The molecule has 2 nitrogen and oxygen atoms in total. The average Bonchev–Trinajstić information content (AvgIpc) is 3.55. The second-order valence-corrected chi connectivity index (χ2v) is 14.3. The van der Waals surface area contributed by atoms with Crippen LogP contribution in [0.3, 0.4) is 0 Å². The lowest BCUT2D eigenvalue weighted by molar-refractivity contribution is 1.28. The van der Waals surface area contributed by atoms with Crippen molar-refractivity contribution in [1.29, 1.82) is 0 Å². The number of benzene rings is 7. The Morgan fingerprint density at radius 3 is 2.05 bits per heavy atom. The number of pyridine rings is 1. The summed E-state index contributed by atoms with van der Waals surface area (Å²) in [6.07, 6.45) is 16.9. The molecule has 9 rings (SSSR count). The van der Waals surface area contributed by atoms with Crippen LogP contribution in [0.25, 0.3) is 55.6 Å². The molecule has 7 aromatic carbocycles. The Labute approximate surface area is 334 Å². The van der Waals surface area contributed by atoms with E-state index >= 15 is 0 Å². The van der Waals surface area contributed by atoms with Gasteiger partial charge in [-0.15, -0.1) is 0 Å². The number of aromatic nitrogens is 1. The lowest BCUT2D eigenvalue weighted by Gasteiger charge is -2.26. The number of anilines is 3. The van der Waals surface area contributed by atoms with E-state index in [1.165, 1.54) is 65.7 Å². The first-order chi connectivity index (χ1) is 28.2. The highest BCUT2D eigenvalue weighted by Gasteiger charge is 2.25. The van der Waals surface area contributed by atoms with Gasteiger partial charge in [0.15, 0.2) is 0 Å². The molecule has 1 aliphatic carbocycles. The van der Waals surface area contributed by atoms with Gasteiger partial charge in [0, 0.05) is 23.0 Å². The first-order valence-electron chi connectivity index (χ1n) is 19.6. The Morgan fingerprint density at radius 2 is 1.23 bits per heavy atom. The minimum Gasteiger partial charge on any atom is -0.310 e. The van der Waals surface area contributed by atoms with Gasteiger partial charge in [0.05, 0.1) is 11.2 Å². The van der Waals surface area contributed by atoms with Gasteiger partial charge in [0.2, 0.25) is 0 Å². The Morgan fingerprint density at radius 1 is 0.544 bits per heavy atom. The molecular formula is C55H42N2. The normalized spacial score (nSPS) is 13.5. The standard InChI is InChI=1S/C55H42N2/c1-3-4-5-6-13-25-48(46-24-15-14-21-42(46)38-40-19-9-7-10-20-40)54-39(2)45-34-35-47(49-27-18-28-51(54)55(45)49)41-30-32-44(33-31-41)57(43-22-11-8-12-23-43)53-36-37-56-52-29-17-16-26-50(52)53/h3-38H,1-2H3/b4-3-,6-5-,25-13+,42-38+,48-46-. The molecule has 0 atom stereocenters. The van der Waals surface area contributed by atoms with Crippen LogP contribution in [0.1, 0.15) is 30.5 Å². The zero-order valence-corrected chi connectivity index (χ0v) is 32.2. The summed E-state index contributed by atoms with van der Waals surface area (Å²) in [4.78, 5) is 6.98. The molecule has 0 N–H and O–H groups in total. The van der Waals surface area contributed by atoms with Crippen molar-refractivity contribution in [2.45, 2.75) is 13.8 Å². The molecule has 0 aliphatic heterocycles. The Bertz CT molecular complexity index is 3000. The number of nitrogens with zero attached hydrogens (tertiary/aromatic N) is 2. The maximum atomic E-state index is 4.66. The van der Waals surface area contributed by atoms with Gasteiger partial charge in [0.1, 0.15) is 0 Å². The molecule has 0 spiro atoms. The third kappa shape index (κ3) is 6.83. The molecule has 1 aromatic heterocycles. The van der Waals surface area contributed by atoms with Crippen molar-refractivity contribution >= 4 is 61.5 Å². The second kappa shape index (κ2) is 15.8. The van der Waals surface area contributed by atoms with E-state index in [1.807, 2.05) is 25.3 Å². The molecule has 1 aliphatic rings. The molecule has 0 radical (unpaired) electrons. The summed E-state index contributed by atoms with van der Waals surface area (Å²) in [7, 11) is 0. The van der Waals surface area contributed by atoms with E-state index in [9.17, 15) is 0 Å². The minimum atomic E-state index is 0.975. The van der Waals surface area contributed by atoms with E-state index in [0.29, 0.717) is 0 Å². The lowest BCUT2D eigenvalue weighted by Crippen LogP contribution is -2.26. The summed E-state index contributed by atoms with van der Waals surface area (Å²) in [5.41, 5.74) is 14.2. The van der Waals surface area contributed by atoms with Gasteiger partial charge in [0.25, 0.3) is 0 Å². The lowest BCUT2D eigenvalue weighted by atomic mass is 9.92. The summed E-state index contributed by atoms with van der Waals surface area (Å²) in [5, 5.41) is 6.07. The van der Waals surface area contributed by atoms with Crippen LogP contribution in [0.15, 0.2) is 213 Å². The zero-order valence-electron chi connectivity index (χ0n) is 32.2. The maximum absolute atomic E-state index is 4.66. The number of rotatable bonds is 9. The first-order valence-corrected chi connectivity index (χ1v) is 19.6. The van der Waals surface area contributed by atoms with Crippen molar-refractivity contribution in [1.82, 2.24) is 4.98 Å². The third-order valence-corrected chi connectivity index (χ3v) is 10.8.